The topological polar surface area (TPSA) is 108 Å². The quantitative estimate of drug-likeness (QED) is 0.316. The number of carbonyl (C=O) groups is 1. The van der Waals surface area contributed by atoms with E-state index < -0.39 is 41.8 Å². The monoisotopic (exact) mass is 575 g/mol. The summed E-state index contributed by atoms with van der Waals surface area (Å²) in [6.07, 6.45) is -3.01. The Hall–Kier alpha value is -3.31. The zero-order valence-electron chi connectivity index (χ0n) is 23.8. The first kappa shape index (κ1) is 28.8. The van der Waals surface area contributed by atoms with Crippen LogP contribution in [0.1, 0.15) is 30.0 Å². The molecule has 0 spiro atoms. The van der Waals surface area contributed by atoms with E-state index in [2.05, 4.69) is 5.32 Å². The molecule has 222 valence electrons. The summed E-state index contributed by atoms with van der Waals surface area (Å²) < 4.78 is 37.7. The number of nitrogens with one attached hydrogen (secondary N) is 1. The average molecular weight is 576 g/mol. The number of benzene rings is 3. The van der Waals surface area contributed by atoms with Crippen molar-refractivity contribution in [1.29, 1.82) is 0 Å². The fourth-order valence-electron chi connectivity index (χ4n) is 6.36. The van der Waals surface area contributed by atoms with Gasteiger partial charge in [0.15, 0.2) is 6.29 Å². The van der Waals surface area contributed by atoms with E-state index in [9.17, 15) is 9.90 Å². The average Bonchev–Trinajstić information content (AvgIpc) is 3.73. The number of amides is 1. The lowest BCUT2D eigenvalue weighted by atomic mass is 9.67. The summed E-state index contributed by atoms with van der Waals surface area (Å²) in [6, 6.07) is 27.2. The van der Waals surface area contributed by atoms with Crippen molar-refractivity contribution in [3.8, 4) is 5.75 Å². The van der Waals surface area contributed by atoms with E-state index in [1.807, 2.05) is 84.9 Å². The summed E-state index contributed by atoms with van der Waals surface area (Å²) in [4.78, 5) is 12.9. The molecule has 2 saturated heterocycles. The Morgan fingerprint density at radius 2 is 1.43 bits per heavy atom. The third kappa shape index (κ3) is 5.68. The molecular weight excluding hydrogens is 538 g/mol. The molecule has 9 nitrogen and oxygen atoms in total. The second kappa shape index (κ2) is 12.1. The van der Waals surface area contributed by atoms with Crippen LogP contribution < -0.4 is 10.1 Å². The maximum Gasteiger partial charge on any atom is 0.217 e. The Morgan fingerprint density at radius 1 is 0.857 bits per heavy atom. The molecular formula is C33H37NO8. The van der Waals surface area contributed by atoms with Crippen LogP contribution in [0, 0.1) is 0 Å². The zero-order chi connectivity index (χ0) is 29.2. The van der Waals surface area contributed by atoms with E-state index in [1.165, 1.54) is 6.92 Å². The number of fused-ring (bicyclic) bond motifs is 4. The molecule has 42 heavy (non-hydrogen) atoms. The van der Waals surface area contributed by atoms with Crippen LogP contribution in [0.25, 0.3) is 0 Å². The zero-order valence-corrected chi connectivity index (χ0v) is 23.8. The molecule has 7 atom stereocenters. The molecule has 1 aliphatic carbocycles. The molecule has 6 rings (SSSR count). The predicted octanol–water partition coefficient (Wildman–Crippen LogP) is 3.52. The van der Waals surface area contributed by atoms with E-state index in [4.69, 9.17) is 28.4 Å². The van der Waals surface area contributed by atoms with Crippen molar-refractivity contribution in [3.05, 3.63) is 102 Å². The Kier molecular flexibility index (Phi) is 8.31. The highest BCUT2D eigenvalue weighted by Crippen LogP contribution is 2.57. The van der Waals surface area contributed by atoms with E-state index in [1.54, 1.807) is 7.11 Å². The summed E-state index contributed by atoms with van der Waals surface area (Å²) in [5, 5.41) is 13.6. The van der Waals surface area contributed by atoms with Gasteiger partial charge in [-0.25, -0.2) is 0 Å². The molecule has 2 aliphatic heterocycles. The van der Waals surface area contributed by atoms with Crippen molar-refractivity contribution in [2.75, 3.05) is 13.7 Å². The number of methoxy groups -OCH3 is 1. The molecule has 1 saturated carbocycles. The second-order valence-corrected chi connectivity index (χ2v) is 11.2. The van der Waals surface area contributed by atoms with Crippen LogP contribution in [0.3, 0.4) is 0 Å². The molecule has 3 fully saturated rings. The lowest BCUT2D eigenvalue weighted by molar-refractivity contribution is -0.325. The summed E-state index contributed by atoms with van der Waals surface area (Å²) in [7, 11) is 1.62. The standard InChI is InChI=1S/C33H37NO8/c1-22(36)34-33-20-32(21-35)28(42-32)27(29(33)38-17-23-9-5-3-6-10-23)41-31(30(33)39-18-24-11-7-4-8-12-24)40-19-25-13-15-26(37-2)16-14-25/h3-16,27-31,35H,17-21H2,1-2H3,(H,34,36)/t27-,28?,29-,30-,31+,32?,33-/m1/s1. The summed E-state index contributed by atoms with van der Waals surface area (Å²) in [6.45, 7) is 2.06. The van der Waals surface area contributed by atoms with Crippen LogP contribution in [0.4, 0.5) is 0 Å². The van der Waals surface area contributed by atoms with Crippen LogP contribution in [0.2, 0.25) is 0 Å². The van der Waals surface area contributed by atoms with Gasteiger partial charge in [0, 0.05) is 13.3 Å². The molecule has 2 unspecified atom stereocenters. The number of hydrogen-bond acceptors (Lipinski definition) is 8. The summed E-state index contributed by atoms with van der Waals surface area (Å²) in [5.41, 5.74) is 0.891. The molecule has 0 radical (unpaired) electrons. The van der Waals surface area contributed by atoms with Gasteiger partial charge in [-0.15, -0.1) is 0 Å². The minimum atomic E-state index is -1.11. The van der Waals surface area contributed by atoms with Crippen molar-refractivity contribution in [2.45, 2.75) is 75.0 Å². The predicted molar refractivity (Wildman–Crippen MR) is 152 cm³/mol. The normalized spacial score (nSPS) is 31.2. The molecule has 9 heteroatoms. The largest absolute Gasteiger partial charge is 0.497 e. The molecule has 2 N–H and O–H groups in total. The van der Waals surface area contributed by atoms with Crippen LogP contribution >= 0.6 is 0 Å². The highest BCUT2D eigenvalue weighted by molar-refractivity contribution is 5.74. The molecule has 3 aromatic carbocycles. The molecule has 3 aliphatic rings. The Morgan fingerprint density at radius 3 is 2.00 bits per heavy atom. The first-order valence-electron chi connectivity index (χ1n) is 14.2. The van der Waals surface area contributed by atoms with Gasteiger partial charge in [-0.1, -0.05) is 72.8 Å². The fraction of sp³-hybridized carbons (Fsp3) is 0.424. The lowest BCUT2D eigenvalue weighted by Crippen LogP contribution is -2.78. The van der Waals surface area contributed by atoms with Crippen molar-refractivity contribution in [1.82, 2.24) is 5.32 Å². The molecule has 2 bridgehead atoms. The van der Waals surface area contributed by atoms with E-state index in [0.29, 0.717) is 6.61 Å². The van der Waals surface area contributed by atoms with Gasteiger partial charge >= 0.3 is 0 Å². The van der Waals surface area contributed by atoms with Crippen LogP contribution in [-0.4, -0.2) is 66.6 Å². The first-order valence-corrected chi connectivity index (χ1v) is 14.2. The van der Waals surface area contributed by atoms with Crippen molar-refractivity contribution in [2.24, 2.45) is 0 Å². The smallest absolute Gasteiger partial charge is 0.217 e. The summed E-state index contributed by atoms with van der Waals surface area (Å²) in [5.74, 6) is 0.499. The molecule has 0 aromatic heterocycles. The van der Waals surface area contributed by atoms with Crippen molar-refractivity contribution < 1.29 is 38.3 Å². The lowest BCUT2D eigenvalue weighted by Gasteiger charge is -2.56. The van der Waals surface area contributed by atoms with Gasteiger partial charge in [0.2, 0.25) is 5.91 Å². The van der Waals surface area contributed by atoms with Crippen LogP contribution in [-0.2, 0) is 48.3 Å². The van der Waals surface area contributed by atoms with Gasteiger partial charge in [0.25, 0.3) is 0 Å². The van der Waals surface area contributed by atoms with Gasteiger partial charge in [-0.3, -0.25) is 4.79 Å². The minimum Gasteiger partial charge on any atom is -0.497 e. The Bertz CT molecular complexity index is 1340. The fourth-order valence-corrected chi connectivity index (χ4v) is 6.36. The van der Waals surface area contributed by atoms with E-state index in [0.717, 1.165) is 22.4 Å². The molecule has 2 heterocycles. The maximum atomic E-state index is 12.9. The maximum absolute atomic E-state index is 12.9. The number of ether oxygens (including phenoxy) is 6. The third-order valence-electron chi connectivity index (χ3n) is 8.36. The van der Waals surface area contributed by atoms with Crippen LogP contribution in [0.15, 0.2) is 84.9 Å². The number of epoxide rings is 1. The van der Waals surface area contributed by atoms with Gasteiger partial charge in [0.1, 0.15) is 41.3 Å². The first-order chi connectivity index (χ1) is 20.5. The van der Waals surface area contributed by atoms with Crippen molar-refractivity contribution in [3.63, 3.8) is 0 Å². The number of hydrogen-bond donors (Lipinski definition) is 2. The minimum absolute atomic E-state index is 0.215. The molecule has 1 amide bonds. The third-order valence-corrected chi connectivity index (χ3v) is 8.36. The van der Waals surface area contributed by atoms with Gasteiger partial charge in [-0.05, 0) is 28.8 Å². The van der Waals surface area contributed by atoms with Gasteiger partial charge in [-0.2, -0.15) is 0 Å². The number of rotatable bonds is 12. The van der Waals surface area contributed by atoms with Gasteiger partial charge in [0.05, 0.1) is 33.5 Å². The van der Waals surface area contributed by atoms with Crippen molar-refractivity contribution >= 4 is 5.91 Å². The highest BCUT2D eigenvalue weighted by atomic mass is 16.7. The number of carbonyl (C=O) groups excluding carboxylic acids is 1. The second-order valence-electron chi connectivity index (χ2n) is 11.2. The van der Waals surface area contributed by atoms with E-state index >= 15 is 0 Å². The Labute approximate surface area is 245 Å². The number of aliphatic hydroxyl groups excluding tert-OH is 1. The van der Waals surface area contributed by atoms with Gasteiger partial charge < -0.3 is 38.8 Å². The van der Waals surface area contributed by atoms with E-state index in [-0.39, 0.29) is 32.1 Å². The highest BCUT2D eigenvalue weighted by Gasteiger charge is 2.77. The Balaban J connectivity index is 1.35. The SMILES string of the molecule is COc1ccc(CO[C@H]2O[C@@H]3C4OC4(CO)C[C@](NC(C)=O)([C@@H]2OCc2ccccc2)[C@@H]3OCc2ccccc2)cc1. The summed E-state index contributed by atoms with van der Waals surface area (Å²) >= 11 is 0. The van der Waals surface area contributed by atoms with Crippen LogP contribution in [0.5, 0.6) is 5.75 Å². The number of aliphatic hydroxyl groups is 1. The molecule has 3 aromatic rings.